The van der Waals surface area contributed by atoms with E-state index < -0.39 is 0 Å². The zero-order valence-corrected chi connectivity index (χ0v) is 24.1. The van der Waals surface area contributed by atoms with Gasteiger partial charge in [0, 0.05) is 32.8 Å². The molecule has 2 heteroatoms. The van der Waals surface area contributed by atoms with Gasteiger partial charge in [-0.3, -0.25) is 0 Å². The van der Waals surface area contributed by atoms with Gasteiger partial charge in [-0.2, -0.15) is 0 Å². The standard InChI is InChI=1S/C42H28N2/c1-3-14-29(15-4-1)30-16-13-17-31(26-30)33-20-7-10-23-38(33)44-40-25-12-9-22-35(40)37-27-41-36(28-42(37)44)34-21-8-11-24-39(34)43(41)32-18-5-2-6-19-32/h1-28H. The molecule has 0 spiro atoms. The van der Waals surface area contributed by atoms with E-state index in [1.54, 1.807) is 0 Å². The van der Waals surface area contributed by atoms with Crippen molar-refractivity contribution in [3.05, 3.63) is 170 Å². The summed E-state index contributed by atoms with van der Waals surface area (Å²) in [5.41, 5.74) is 12.1. The Labute approximate surface area is 255 Å². The summed E-state index contributed by atoms with van der Waals surface area (Å²) < 4.78 is 4.86. The van der Waals surface area contributed by atoms with Gasteiger partial charge in [-0.05, 0) is 65.2 Å². The van der Waals surface area contributed by atoms with Gasteiger partial charge in [0.05, 0.1) is 27.8 Å². The largest absolute Gasteiger partial charge is 0.309 e. The van der Waals surface area contributed by atoms with Crippen LogP contribution in [0.2, 0.25) is 0 Å². The van der Waals surface area contributed by atoms with Gasteiger partial charge < -0.3 is 9.13 Å². The number of hydrogen-bond acceptors (Lipinski definition) is 0. The molecule has 9 aromatic rings. The predicted octanol–water partition coefficient (Wildman–Crippen LogP) is 11.2. The van der Waals surface area contributed by atoms with Crippen LogP contribution in [-0.2, 0) is 0 Å². The van der Waals surface area contributed by atoms with Gasteiger partial charge in [0.1, 0.15) is 0 Å². The zero-order chi connectivity index (χ0) is 29.0. The van der Waals surface area contributed by atoms with E-state index in [9.17, 15) is 0 Å². The molecule has 0 saturated heterocycles. The van der Waals surface area contributed by atoms with Crippen LogP contribution in [0.25, 0.3) is 77.2 Å². The molecule has 44 heavy (non-hydrogen) atoms. The first-order valence-electron chi connectivity index (χ1n) is 15.1. The molecule has 0 radical (unpaired) electrons. The highest BCUT2D eigenvalue weighted by molar-refractivity contribution is 6.19. The van der Waals surface area contributed by atoms with E-state index in [-0.39, 0.29) is 0 Å². The maximum Gasteiger partial charge on any atom is 0.0549 e. The molecule has 2 aromatic heterocycles. The summed E-state index contributed by atoms with van der Waals surface area (Å²) in [6, 6.07) is 61.4. The molecule has 0 amide bonds. The molecule has 0 aliphatic carbocycles. The second-order valence-electron chi connectivity index (χ2n) is 11.4. The lowest BCUT2D eigenvalue weighted by Crippen LogP contribution is -1.97. The Bertz CT molecular complexity index is 2480. The first-order chi connectivity index (χ1) is 21.8. The molecule has 0 unspecified atom stereocenters. The molecular formula is C42H28N2. The van der Waals surface area contributed by atoms with Gasteiger partial charge in [0.15, 0.2) is 0 Å². The lowest BCUT2D eigenvalue weighted by molar-refractivity contribution is 1.17. The molecule has 0 fully saturated rings. The first-order valence-corrected chi connectivity index (χ1v) is 15.1. The molecule has 0 saturated carbocycles. The van der Waals surface area contributed by atoms with Gasteiger partial charge in [-0.1, -0.05) is 121 Å². The molecule has 7 aromatic carbocycles. The normalized spacial score (nSPS) is 11.6. The van der Waals surface area contributed by atoms with Crippen molar-refractivity contribution in [2.75, 3.05) is 0 Å². The van der Waals surface area contributed by atoms with E-state index in [0.717, 1.165) is 0 Å². The number of benzene rings is 7. The molecule has 2 heterocycles. The highest BCUT2D eigenvalue weighted by atomic mass is 15.0. The third kappa shape index (κ3) is 3.75. The lowest BCUT2D eigenvalue weighted by Gasteiger charge is -2.15. The topological polar surface area (TPSA) is 9.86 Å². The number of aromatic nitrogens is 2. The maximum absolute atomic E-state index is 2.46. The van der Waals surface area contributed by atoms with Crippen molar-refractivity contribution in [3.63, 3.8) is 0 Å². The summed E-state index contributed by atoms with van der Waals surface area (Å²) in [5.74, 6) is 0. The third-order valence-electron chi connectivity index (χ3n) is 8.91. The van der Waals surface area contributed by atoms with E-state index in [1.165, 1.54) is 77.2 Å². The predicted molar refractivity (Wildman–Crippen MR) is 186 cm³/mol. The number of nitrogens with zero attached hydrogens (tertiary/aromatic N) is 2. The number of fused-ring (bicyclic) bond motifs is 6. The van der Waals surface area contributed by atoms with Crippen molar-refractivity contribution in [2.24, 2.45) is 0 Å². The fourth-order valence-corrected chi connectivity index (χ4v) is 6.95. The van der Waals surface area contributed by atoms with E-state index in [4.69, 9.17) is 0 Å². The van der Waals surface area contributed by atoms with Crippen LogP contribution in [0.4, 0.5) is 0 Å². The van der Waals surface area contributed by atoms with Crippen molar-refractivity contribution in [3.8, 4) is 33.6 Å². The average Bonchev–Trinajstić information content (AvgIpc) is 3.60. The monoisotopic (exact) mass is 560 g/mol. The average molecular weight is 561 g/mol. The van der Waals surface area contributed by atoms with Crippen LogP contribution in [0.1, 0.15) is 0 Å². The third-order valence-corrected chi connectivity index (χ3v) is 8.91. The Morgan fingerprint density at radius 3 is 1.55 bits per heavy atom. The minimum atomic E-state index is 1.17. The highest BCUT2D eigenvalue weighted by Gasteiger charge is 2.19. The molecule has 0 aliphatic rings. The van der Waals surface area contributed by atoms with Crippen molar-refractivity contribution < 1.29 is 0 Å². The van der Waals surface area contributed by atoms with Crippen LogP contribution in [0.3, 0.4) is 0 Å². The Morgan fingerprint density at radius 1 is 0.295 bits per heavy atom. The second-order valence-corrected chi connectivity index (χ2v) is 11.4. The molecular weight excluding hydrogens is 532 g/mol. The van der Waals surface area contributed by atoms with Crippen LogP contribution in [-0.4, -0.2) is 9.13 Å². The Morgan fingerprint density at radius 2 is 0.818 bits per heavy atom. The van der Waals surface area contributed by atoms with Gasteiger partial charge in [-0.15, -0.1) is 0 Å². The van der Waals surface area contributed by atoms with E-state index in [2.05, 4.69) is 179 Å². The fraction of sp³-hybridized carbons (Fsp3) is 0. The van der Waals surface area contributed by atoms with Gasteiger partial charge in [0.25, 0.3) is 0 Å². The van der Waals surface area contributed by atoms with Gasteiger partial charge in [-0.25, -0.2) is 0 Å². The van der Waals surface area contributed by atoms with Crippen LogP contribution in [0.15, 0.2) is 170 Å². The van der Waals surface area contributed by atoms with Crippen molar-refractivity contribution in [2.45, 2.75) is 0 Å². The molecule has 0 atom stereocenters. The van der Waals surface area contributed by atoms with Crippen LogP contribution in [0, 0.1) is 0 Å². The molecule has 0 bridgehead atoms. The van der Waals surface area contributed by atoms with E-state index in [1.807, 2.05) is 0 Å². The van der Waals surface area contributed by atoms with Crippen molar-refractivity contribution in [1.29, 1.82) is 0 Å². The van der Waals surface area contributed by atoms with Gasteiger partial charge >= 0.3 is 0 Å². The Kier molecular flexibility index (Phi) is 5.54. The molecule has 9 rings (SSSR count). The minimum absolute atomic E-state index is 1.17. The molecule has 2 nitrogen and oxygen atoms in total. The maximum atomic E-state index is 2.46. The summed E-state index contributed by atoms with van der Waals surface area (Å²) in [6.07, 6.45) is 0. The summed E-state index contributed by atoms with van der Waals surface area (Å²) in [5, 5.41) is 5.02. The molecule has 206 valence electrons. The summed E-state index contributed by atoms with van der Waals surface area (Å²) >= 11 is 0. The smallest absolute Gasteiger partial charge is 0.0549 e. The first kappa shape index (κ1) is 24.7. The molecule has 0 aliphatic heterocycles. The summed E-state index contributed by atoms with van der Waals surface area (Å²) in [4.78, 5) is 0. The molecule has 0 N–H and O–H groups in total. The number of rotatable bonds is 4. The Hall–Kier alpha value is -5.86. The van der Waals surface area contributed by atoms with Crippen LogP contribution in [0.5, 0.6) is 0 Å². The highest BCUT2D eigenvalue weighted by Crippen LogP contribution is 2.41. The second kappa shape index (κ2) is 9.86. The van der Waals surface area contributed by atoms with Gasteiger partial charge in [0.2, 0.25) is 0 Å². The fourth-order valence-electron chi connectivity index (χ4n) is 6.95. The van der Waals surface area contributed by atoms with Crippen LogP contribution >= 0.6 is 0 Å². The van der Waals surface area contributed by atoms with E-state index >= 15 is 0 Å². The van der Waals surface area contributed by atoms with E-state index in [0.29, 0.717) is 0 Å². The zero-order valence-electron chi connectivity index (χ0n) is 24.1. The minimum Gasteiger partial charge on any atom is -0.309 e. The Balaban J connectivity index is 1.35. The lowest BCUT2D eigenvalue weighted by atomic mass is 9.98. The SMILES string of the molecule is c1ccc(-c2cccc(-c3ccccc3-n3c4ccccc4c4cc5c(cc43)c3ccccc3n5-c3ccccc3)c2)cc1. The summed E-state index contributed by atoms with van der Waals surface area (Å²) in [6.45, 7) is 0. The van der Waals surface area contributed by atoms with Crippen molar-refractivity contribution in [1.82, 2.24) is 9.13 Å². The van der Waals surface area contributed by atoms with Crippen LogP contribution < -0.4 is 0 Å². The number of para-hydroxylation sites is 4. The summed E-state index contributed by atoms with van der Waals surface area (Å²) in [7, 11) is 0. The van der Waals surface area contributed by atoms with Crippen molar-refractivity contribution >= 4 is 43.6 Å². The number of hydrogen-bond donors (Lipinski definition) is 0. The quantitative estimate of drug-likeness (QED) is 0.203.